The van der Waals surface area contributed by atoms with E-state index in [0.717, 1.165) is 0 Å². The molecule has 0 aromatic heterocycles. The first-order chi connectivity index (χ1) is 17.5. The Morgan fingerprint density at radius 2 is 1.81 bits per heavy atom. The van der Waals surface area contributed by atoms with Crippen molar-refractivity contribution in [2.24, 2.45) is 5.73 Å². The molecule has 0 fully saturated rings. The van der Waals surface area contributed by atoms with E-state index in [1.807, 2.05) is 0 Å². The first-order valence-electron chi connectivity index (χ1n) is 11.1. The highest BCUT2D eigenvalue weighted by molar-refractivity contribution is 7.77. The van der Waals surface area contributed by atoms with Crippen LogP contribution in [0.5, 0.6) is 0 Å². The van der Waals surface area contributed by atoms with Gasteiger partial charge < -0.3 is 36.1 Å². The van der Waals surface area contributed by atoms with E-state index in [0.29, 0.717) is 11.1 Å². The number of alkyl carbamates (subject to hydrolysis) is 1. The Hall–Kier alpha value is -3.82. The molecule has 0 aliphatic carbocycles. The lowest BCUT2D eigenvalue weighted by Crippen LogP contribution is -2.54. The first kappa shape index (κ1) is 31.2. The summed E-state index contributed by atoms with van der Waals surface area (Å²) in [6.45, 7) is 3.47. The Labute approximate surface area is 216 Å². The number of aliphatic carboxylic acids is 1. The maximum absolute atomic E-state index is 13.1. The molecular weight excluding hydrogens is 508 g/mol. The number of carbonyl (C=O) groups excluding carboxylic acids is 3. The standard InChI is InChI=1S/C22H32N6O8S/c1-2-12-36-22(33)28-17(13-14-4-6-15(7-5-14)19(23)24)21(32)27-16(8-9-18(29)30)20(31)25-10-3-11-26-37(34)35/h2,4-7,16-17,26H,1,3,8-13H2,(H3,23,24)(H,25,31)(H,27,32)(H,28,33)(H,29,30)(H,34,35)/p-1/t16-,17-/m0/s1. The van der Waals surface area contributed by atoms with Gasteiger partial charge in [-0.3, -0.25) is 24.0 Å². The summed E-state index contributed by atoms with van der Waals surface area (Å²) in [4.78, 5) is 48.9. The molecule has 0 saturated heterocycles. The molecule has 0 radical (unpaired) electrons. The van der Waals surface area contributed by atoms with Gasteiger partial charge in [0, 0.05) is 42.8 Å². The van der Waals surface area contributed by atoms with Crippen LogP contribution in [0, 0.1) is 5.41 Å². The van der Waals surface area contributed by atoms with Crippen molar-refractivity contribution in [3.63, 3.8) is 0 Å². The van der Waals surface area contributed by atoms with Crippen LogP contribution in [0.25, 0.3) is 0 Å². The van der Waals surface area contributed by atoms with Gasteiger partial charge in [0.2, 0.25) is 11.8 Å². The second-order valence-electron chi connectivity index (χ2n) is 7.67. The Kier molecular flexibility index (Phi) is 14.2. The van der Waals surface area contributed by atoms with Gasteiger partial charge in [0.25, 0.3) is 0 Å². The molecule has 0 aliphatic heterocycles. The summed E-state index contributed by atoms with van der Waals surface area (Å²) in [7, 11) is 0. The number of amides is 3. The monoisotopic (exact) mass is 539 g/mol. The molecule has 0 heterocycles. The zero-order valence-electron chi connectivity index (χ0n) is 20.0. The van der Waals surface area contributed by atoms with Crippen LogP contribution in [-0.2, 0) is 36.8 Å². The third-order valence-corrected chi connectivity index (χ3v) is 5.24. The fourth-order valence-electron chi connectivity index (χ4n) is 2.97. The van der Waals surface area contributed by atoms with Crippen LogP contribution in [0.1, 0.15) is 30.4 Å². The van der Waals surface area contributed by atoms with E-state index in [1.165, 1.54) is 6.08 Å². The highest BCUT2D eigenvalue weighted by atomic mass is 32.2. The Morgan fingerprint density at radius 1 is 1.14 bits per heavy atom. The van der Waals surface area contributed by atoms with Crippen molar-refractivity contribution in [1.82, 2.24) is 20.7 Å². The molecule has 0 saturated carbocycles. The molecule has 15 heteroatoms. The van der Waals surface area contributed by atoms with Crippen molar-refractivity contribution in [2.75, 3.05) is 19.7 Å². The van der Waals surface area contributed by atoms with Crippen LogP contribution in [0.3, 0.4) is 0 Å². The zero-order valence-corrected chi connectivity index (χ0v) is 20.8. The average molecular weight is 540 g/mol. The van der Waals surface area contributed by atoms with Gasteiger partial charge in [-0.2, -0.15) is 0 Å². The number of amidine groups is 1. The number of carboxylic acids is 1. The number of ether oxygens (including phenoxy) is 1. The van der Waals surface area contributed by atoms with Gasteiger partial charge in [0.1, 0.15) is 24.5 Å². The summed E-state index contributed by atoms with van der Waals surface area (Å²) in [5.74, 6) is -2.75. The summed E-state index contributed by atoms with van der Waals surface area (Å²) in [6.07, 6.45) is 0.0340. The number of carboxylic acid groups (broad SMARTS) is 1. The molecule has 14 nitrogen and oxygen atoms in total. The minimum absolute atomic E-state index is 0.0154. The predicted octanol–water partition coefficient (Wildman–Crippen LogP) is -0.966. The van der Waals surface area contributed by atoms with Gasteiger partial charge in [-0.25, -0.2) is 9.52 Å². The molecule has 0 spiro atoms. The van der Waals surface area contributed by atoms with E-state index in [2.05, 4.69) is 27.3 Å². The molecule has 8 N–H and O–H groups in total. The largest absolute Gasteiger partial charge is 0.760 e. The summed E-state index contributed by atoms with van der Waals surface area (Å²) in [5, 5.41) is 23.9. The summed E-state index contributed by atoms with van der Waals surface area (Å²) in [6, 6.07) is 3.94. The minimum Gasteiger partial charge on any atom is -0.760 e. The molecule has 1 unspecified atom stereocenters. The van der Waals surface area contributed by atoms with Gasteiger partial charge in [0.15, 0.2) is 0 Å². The van der Waals surface area contributed by atoms with Gasteiger partial charge in [-0.1, -0.05) is 36.9 Å². The number of nitrogens with one attached hydrogen (secondary N) is 5. The quantitative estimate of drug-likeness (QED) is 0.0423. The maximum Gasteiger partial charge on any atom is 0.408 e. The zero-order chi connectivity index (χ0) is 27.8. The predicted molar refractivity (Wildman–Crippen MR) is 133 cm³/mol. The lowest BCUT2D eigenvalue weighted by molar-refractivity contribution is -0.138. The third-order valence-electron chi connectivity index (χ3n) is 4.80. The van der Waals surface area contributed by atoms with Crippen molar-refractivity contribution in [2.45, 2.75) is 37.8 Å². The molecule has 1 rings (SSSR count). The van der Waals surface area contributed by atoms with E-state index in [9.17, 15) is 27.9 Å². The van der Waals surface area contributed by atoms with E-state index in [-0.39, 0.29) is 44.8 Å². The van der Waals surface area contributed by atoms with Crippen LogP contribution in [0.2, 0.25) is 0 Å². The van der Waals surface area contributed by atoms with Gasteiger partial charge >= 0.3 is 12.1 Å². The van der Waals surface area contributed by atoms with Gasteiger partial charge in [-0.05, 0) is 18.4 Å². The lowest BCUT2D eigenvalue weighted by atomic mass is 10.0. The first-order valence-corrected chi connectivity index (χ1v) is 12.2. The van der Waals surface area contributed by atoms with Crippen molar-refractivity contribution in [3.05, 3.63) is 48.0 Å². The highest BCUT2D eigenvalue weighted by Crippen LogP contribution is 2.09. The normalized spacial score (nSPS) is 12.9. The SMILES string of the molecule is C=CCOC(=O)N[C@@H](Cc1ccc(C(=N)N)cc1)C(=O)N[C@@H](CCC(=O)O)C(=O)NCCCNS(=O)[O-]. The van der Waals surface area contributed by atoms with Crippen LogP contribution in [-0.4, -0.2) is 75.4 Å². The van der Waals surface area contributed by atoms with Gasteiger partial charge in [0.05, 0.1) is 0 Å². The van der Waals surface area contributed by atoms with Gasteiger partial charge in [-0.15, -0.1) is 0 Å². The fourth-order valence-corrected chi connectivity index (χ4v) is 3.28. The molecule has 1 aromatic rings. The van der Waals surface area contributed by atoms with Crippen molar-refractivity contribution in [3.8, 4) is 0 Å². The second kappa shape index (κ2) is 16.8. The molecule has 3 amide bonds. The molecule has 3 atom stereocenters. The number of rotatable bonds is 17. The Morgan fingerprint density at radius 3 is 2.38 bits per heavy atom. The number of carbonyl (C=O) groups is 4. The van der Waals surface area contributed by atoms with E-state index in [4.69, 9.17) is 21.0 Å². The third kappa shape index (κ3) is 13.2. The number of hydrogen-bond acceptors (Lipinski definition) is 8. The lowest BCUT2D eigenvalue weighted by Gasteiger charge is -2.23. The minimum atomic E-state index is -2.44. The molecule has 1 aromatic carbocycles. The van der Waals surface area contributed by atoms with Crippen LogP contribution < -0.4 is 26.4 Å². The summed E-state index contributed by atoms with van der Waals surface area (Å²) in [5.41, 5.74) is 6.51. The number of hydrogen-bond donors (Lipinski definition) is 7. The summed E-state index contributed by atoms with van der Waals surface area (Å²) < 4.78 is 28.0. The maximum atomic E-state index is 13.1. The van der Waals surface area contributed by atoms with Crippen molar-refractivity contribution in [1.29, 1.82) is 5.41 Å². The Balaban J connectivity index is 2.97. The molecular formula is C22H31N6O8S-. The fraction of sp³-hybridized carbons (Fsp3) is 0.409. The summed E-state index contributed by atoms with van der Waals surface area (Å²) >= 11 is -2.44. The van der Waals surface area contributed by atoms with Crippen molar-refractivity contribution < 1.29 is 37.8 Å². The molecule has 37 heavy (non-hydrogen) atoms. The molecule has 0 bridgehead atoms. The number of nitrogens with two attached hydrogens (primary N) is 1. The van der Waals surface area contributed by atoms with Crippen LogP contribution in [0.4, 0.5) is 4.79 Å². The van der Waals surface area contributed by atoms with Crippen LogP contribution >= 0.6 is 0 Å². The Bertz CT molecular complexity index is 988. The van der Waals surface area contributed by atoms with Crippen LogP contribution in [0.15, 0.2) is 36.9 Å². The second-order valence-corrected chi connectivity index (χ2v) is 8.42. The molecule has 204 valence electrons. The molecule has 0 aliphatic rings. The highest BCUT2D eigenvalue weighted by Gasteiger charge is 2.28. The number of nitrogen functional groups attached to an aromatic ring is 1. The topological polar surface area (TPSA) is 236 Å². The van der Waals surface area contributed by atoms with Crippen molar-refractivity contribution >= 4 is 41.0 Å². The smallest absolute Gasteiger partial charge is 0.408 e. The number of benzene rings is 1. The average Bonchev–Trinajstić information content (AvgIpc) is 2.84. The van der Waals surface area contributed by atoms with E-state index in [1.54, 1.807) is 24.3 Å². The van der Waals surface area contributed by atoms with E-state index < -0.39 is 53.6 Å². The van der Waals surface area contributed by atoms with E-state index >= 15 is 0 Å².